The van der Waals surface area contributed by atoms with E-state index in [1.807, 2.05) is 25.1 Å². The van der Waals surface area contributed by atoms with Crippen molar-refractivity contribution in [2.75, 3.05) is 19.4 Å². The van der Waals surface area contributed by atoms with Crippen LogP contribution in [0.4, 0.5) is 5.95 Å². The first-order chi connectivity index (χ1) is 11.0. The van der Waals surface area contributed by atoms with Gasteiger partial charge in [0.25, 0.3) is 5.91 Å². The van der Waals surface area contributed by atoms with Gasteiger partial charge >= 0.3 is 0 Å². The van der Waals surface area contributed by atoms with E-state index in [0.29, 0.717) is 34.9 Å². The zero-order valence-electron chi connectivity index (χ0n) is 13.3. The van der Waals surface area contributed by atoms with Crippen molar-refractivity contribution in [1.82, 2.24) is 15.3 Å². The predicted molar refractivity (Wildman–Crippen MR) is 93.5 cm³/mol. The first kappa shape index (κ1) is 17.2. The highest BCUT2D eigenvalue weighted by atomic mass is 79.9. The molecule has 7 heteroatoms. The average molecular weight is 379 g/mol. The van der Waals surface area contributed by atoms with Crippen LogP contribution >= 0.6 is 15.9 Å². The van der Waals surface area contributed by atoms with E-state index in [1.54, 1.807) is 14.0 Å². The van der Waals surface area contributed by atoms with Gasteiger partial charge in [0.1, 0.15) is 5.75 Å². The topological polar surface area (TPSA) is 90.1 Å². The minimum absolute atomic E-state index is 0.117. The lowest BCUT2D eigenvalue weighted by Gasteiger charge is -2.15. The van der Waals surface area contributed by atoms with Crippen LogP contribution in [0, 0.1) is 6.92 Å². The summed E-state index contributed by atoms with van der Waals surface area (Å²) in [5.74, 6) is 0.503. The molecule has 1 amide bonds. The fourth-order valence-corrected chi connectivity index (χ4v) is 2.57. The van der Waals surface area contributed by atoms with Gasteiger partial charge in [-0.2, -0.15) is 0 Å². The quantitative estimate of drug-likeness (QED) is 0.834. The second-order valence-electron chi connectivity index (χ2n) is 4.96. The van der Waals surface area contributed by atoms with Crippen molar-refractivity contribution in [2.45, 2.75) is 20.3 Å². The molecule has 0 spiro atoms. The minimum atomic E-state index is -0.265. The highest BCUT2D eigenvalue weighted by molar-refractivity contribution is 9.10. The molecule has 3 N–H and O–H groups in total. The summed E-state index contributed by atoms with van der Waals surface area (Å²) < 4.78 is 6.65. The van der Waals surface area contributed by atoms with Crippen molar-refractivity contribution in [3.63, 3.8) is 0 Å². The van der Waals surface area contributed by atoms with Gasteiger partial charge in [-0.3, -0.25) is 4.79 Å². The molecule has 1 aromatic heterocycles. The molecular formula is C16H19BrN4O2. The van der Waals surface area contributed by atoms with E-state index in [2.05, 4.69) is 31.2 Å². The number of nitrogens with zero attached hydrogens (tertiary/aromatic N) is 2. The first-order valence-electron chi connectivity index (χ1n) is 7.26. The number of hydrogen-bond donors (Lipinski definition) is 2. The largest absolute Gasteiger partial charge is 0.493 e. The van der Waals surface area contributed by atoms with Gasteiger partial charge in [0.2, 0.25) is 5.95 Å². The van der Waals surface area contributed by atoms with Crippen molar-refractivity contribution in [3.8, 4) is 17.0 Å². The van der Waals surface area contributed by atoms with Gasteiger partial charge in [-0.05, 0) is 31.5 Å². The molecule has 122 valence electrons. The van der Waals surface area contributed by atoms with E-state index in [1.165, 1.54) is 0 Å². The third kappa shape index (κ3) is 3.79. The molecular weight excluding hydrogens is 360 g/mol. The van der Waals surface area contributed by atoms with Crippen molar-refractivity contribution in [1.29, 1.82) is 0 Å². The third-order valence-electron chi connectivity index (χ3n) is 3.22. The van der Waals surface area contributed by atoms with Crippen LogP contribution in [-0.2, 0) is 0 Å². The molecule has 1 aromatic carbocycles. The lowest BCUT2D eigenvalue weighted by atomic mass is 10.0. The van der Waals surface area contributed by atoms with E-state index >= 15 is 0 Å². The fourth-order valence-electron chi connectivity index (χ4n) is 2.21. The van der Waals surface area contributed by atoms with E-state index in [0.717, 1.165) is 10.9 Å². The van der Waals surface area contributed by atoms with Crippen LogP contribution < -0.4 is 15.8 Å². The lowest BCUT2D eigenvalue weighted by molar-refractivity contribution is 0.0962. The lowest BCUT2D eigenvalue weighted by Crippen LogP contribution is -2.22. The number of rotatable bonds is 5. The summed E-state index contributed by atoms with van der Waals surface area (Å²) in [4.78, 5) is 20.6. The van der Waals surface area contributed by atoms with Crippen LogP contribution in [0.15, 0.2) is 22.7 Å². The molecule has 1 heterocycles. The zero-order valence-corrected chi connectivity index (χ0v) is 14.9. The zero-order chi connectivity index (χ0) is 17.0. The Morgan fingerprint density at radius 3 is 2.78 bits per heavy atom. The summed E-state index contributed by atoms with van der Waals surface area (Å²) >= 11 is 3.45. The van der Waals surface area contributed by atoms with Gasteiger partial charge in [-0.1, -0.05) is 22.9 Å². The molecule has 0 atom stereocenters. The highest BCUT2D eigenvalue weighted by Gasteiger charge is 2.21. The number of nitrogen functional groups attached to an aromatic ring is 1. The van der Waals surface area contributed by atoms with Gasteiger partial charge < -0.3 is 15.8 Å². The van der Waals surface area contributed by atoms with Crippen LogP contribution in [0.25, 0.3) is 11.3 Å². The number of carbonyl (C=O) groups excluding carboxylic acids is 1. The second kappa shape index (κ2) is 7.41. The molecule has 0 aliphatic rings. The third-order valence-corrected chi connectivity index (χ3v) is 3.71. The Kier molecular flexibility index (Phi) is 5.54. The summed E-state index contributed by atoms with van der Waals surface area (Å²) in [5, 5.41) is 2.62. The number of amides is 1. The molecule has 6 nitrogen and oxygen atoms in total. The molecule has 2 rings (SSSR count). The summed E-state index contributed by atoms with van der Waals surface area (Å²) in [5.41, 5.74) is 7.86. The second-order valence-corrected chi connectivity index (χ2v) is 5.87. The normalized spacial score (nSPS) is 10.4. The van der Waals surface area contributed by atoms with Crippen LogP contribution in [0.2, 0.25) is 0 Å². The standard InChI is InChI=1S/C16H19BrN4O2/c1-4-7-23-12-6-5-10(17)8-11(12)14-13(15(22)19-3)9(2)20-16(18)21-14/h5-6,8H,4,7H2,1-3H3,(H,19,22)(H2,18,20,21). The van der Waals surface area contributed by atoms with Crippen molar-refractivity contribution in [2.24, 2.45) is 0 Å². The molecule has 0 fully saturated rings. The molecule has 0 bridgehead atoms. The molecule has 0 unspecified atom stereocenters. The number of nitrogens with one attached hydrogen (secondary N) is 1. The average Bonchev–Trinajstić information content (AvgIpc) is 2.52. The fraction of sp³-hybridized carbons (Fsp3) is 0.312. The molecule has 0 saturated heterocycles. The number of benzene rings is 1. The first-order valence-corrected chi connectivity index (χ1v) is 8.06. The number of anilines is 1. The Hall–Kier alpha value is -2.15. The SMILES string of the molecule is CCCOc1ccc(Br)cc1-c1nc(N)nc(C)c1C(=O)NC. The van der Waals surface area contributed by atoms with E-state index in [-0.39, 0.29) is 11.9 Å². The van der Waals surface area contributed by atoms with Crippen LogP contribution in [0.1, 0.15) is 29.4 Å². The van der Waals surface area contributed by atoms with Crippen LogP contribution in [0.3, 0.4) is 0 Å². The molecule has 0 radical (unpaired) electrons. The number of halogens is 1. The van der Waals surface area contributed by atoms with E-state index < -0.39 is 0 Å². The van der Waals surface area contributed by atoms with E-state index in [9.17, 15) is 4.79 Å². The Morgan fingerprint density at radius 1 is 1.39 bits per heavy atom. The summed E-state index contributed by atoms with van der Waals surface area (Å²) in [6.07, 6.45) is 0.878. The van der Waals surface area contributed by atoms with Crippen LogP contribution in [0.5, 0.6) is 5.75 Å². The number of aryl methyl sites for hydroxylation is 1. The van der Waals surface area contributed by atoms with Gasteiger partial charge in [0, 0.05) is 17.1 Å². The number of hydrogen-bond acceptors (Lipinski definition) is 5. The van der Waals surface area contributed by atoms with Crippen molar-refractivity contribution >= 4 is 27.8 Å². The molecule has 0 aliphatic carbocycles. The van der Waals surface area contributed by atoms with Crippen molar-refractivity contribution in [3.05, 3.63) is 33.9 Å². The number of ether oxygens (including phenoxy) is 1. The Labute approximate surface area is 143 Å². The van der Waals surface area contributed by atoms with Gasteiger partial charge in [-0.25, -0.2) is 9.97 Å². The minimum Gasteiger partial charge on any atom is -0.493 e. The molecule has 0 saturated carbocycles. The summed E-state index contributed by atoms with van der Waals surface area (Å²) in [6, 6.07) is 5.58. The number of aromatic nitrogens is 2. The Morgan fingerprint density at radius 2 is 2.13 bits per heavy atom. The molecule has 23 heavy (non-hydrogen) atoms. The smallest absolute Gasteiger partial charge is 0.255 e. The van der Waals surface area contributed by atoms with Crippen LogP contribution in [-0.4, -0.2) is 29.5 Å². The Bertz CT molecular complexity index is 734. The van der Waals surface area contributed by atoms with Crippen molar-refractivity contribution < 1.29 is 9.53 Å². The molecule has 2 aromatic rings. The number of nitrogens with two attached hydrogens (primary N) is 1. The van der Waals surface area contributed by atoms with E-state index in [4.69, 9.17) is 10.5 Å². The van der Waals surface area contributed by atoms with Gasteiger partial charge in [0.15, 0.2) is 0 Å². The predicted octanol–water partition coefficient (Wildman–Crippen LogP) is 2.95. The summed E-state index contributed by atoms with van der Waals surface area (Å²) in [7, 11) is 1.57. The maximum Gasteiger partial charge on any atom is 0.255 e. The number of carbonyl (C=O) groups is 1. The van der Waals surface area contributed by atoms with Gasteiger partial charge in [-0.15, -0.1) is 0 Å². The van der Waals surface area contributed by atoms with Gasteiger partial charge in [0.05, 0.1) is 23.6 Å². The monoisotopic (exact) mass is 378 g/mol. The molecule has 0 aliphatic heterocycles. The maximum absolute atomic E-state index is 12.3. The maximum atomic E-state index is 12.3. The highest BCUT2D eigenvalue weighted by Crippen LogP contribution is 2.35. The summed E-state index contributed by atoms with van der Waals surface area (Å²) in [6.45, 7) is 4.33. The Balaban J connectivity index is 2.70.